The van der Waals surface area contributed by atoms with Gasteiger partial charge in [-0.3, -0.25) is 4.79 Å². The van der Waals surface area contributed by atoms with Crippen LogP contribution in [-0.4, -0.2) is 34.8 Å². The van der Waals surface area contributed by atoms with Gasteiger partial charge in [-0.05, 0) is 24.3 Å². The molecular formula is C13H14N6O. The molecule has 102 valence electrons. The number of nitriles is 1. The number of rotatable bonds is 4. The van der Waals surface area contributed by atoms with Crippen molar-refractivity contribution in [2.45, 2.75) is 6.54 Å². The van der Waals surface area contributed by atoms with Crippen molar-refractivity contribution in [3.05, 3.63) is 36.4 Å². The van der Waals surface area contributed by atoms with E-state index in [4.69, 9.17) is 5.26 Å². The van der Waals surface area contributed by atoms with Crippen molar-refractivity contribution < 1.29 is 4.79 Å². The Labute approximate surface area is 116 Å². The Morgan fingerprint density at radius 1 is 1.40 bits per heavy atom. The summed E-state index contributed by atoms with van der Waals surface area (Å²) in [7, 11) is 3.90. The number of hydrogen-bond acceptors (Lipinski definition) is 5. The lowest BCUT2D eigenvalue weighted by atomic mass is 10.2. The molecule has 7 nitrogen and oxygen atoms in total. The Balaban J connectivity index is 1.96. The highest BCUT2D eigenvalue weighted by atomic mass is 16.2. The molecule has 0 bridgehead atoms. The van der Waals surface area contributed by atoms with E-state index in [0.29, 0.717) is 5.69 Å². The van der Waals surface area contributed by atoms with Crippen molar-refractivity contribution in [2.24, 2.45) is 0 Å². The van der Waals surface area contributed by atoms with E-state index in [0.717, 1.165) is 5.69 Å². The van der Waals surface area contributed by atoms with Crippen LogP contribution in [0.1, 0.15) is 5.82 Å². The van der Waals surface area contributed by atoms with Crippen LogP contribution in [0, 0.1) is 11.3 Å². The number of carbonyl (C=O) groups is 1. The van der Waals surface area contributed by atoms with E-state index in [1.54, 1.807) is 0 Å². The van der Waals surface area contributed by atoms with Crippen molar-refractivity contribution in [3.63, 3.8) is 0 Å². The predicted molar refractivity (Wildman–Crippen MR) is 74.1 cm³/mol. The summed E-state index contributed by atoms with van der Waals surface area (Å²) in [5, 5.41) is 15.2. The molecule has 1 heterocycles. The van der Waals surface area contributed by atoms with Gasteiger partial charge in [-0.1, -0.05) is 0 Å². The number of nitrogens with zero attached hydrogens (tertiary/aromatic N) is 5. The van der Waals surface area contributed by atoms with Crippen LogP contribution >= 0.6 is 0 Å². The molecule has 2 aromatic rings. The second-order valence-electron chi connectivity index (χ2n) is 4.37. The van der Waals surface area contributed by atoms with E-state index in [9.17, 15) is 4.79 Å². The molecule has 1 aromatic heterocycles. The normalized spacial score (nSPS) is 9.85. The number of carbonyl (C=O) groups excluding carboxylic acids is 1. The molecule has 0 spiro atoms. The molecule has 1 amide bonds. The largest absolute Gasteiger partial charge is 0.378 e. The first-order chi connectivity index (χ1) is 9.58. The molecule has 0 atom stereocenters. The highest BCUT2D eigenvalue weighted by Gasteiger charge is 2.06. The van der Waals surface area contributed by atoms with Gasteiger partial charge in [0, 0.05) is 25.5 Å². The second-order valence-corrected chi connectivity index (χ2v) is 4.37. The minimum Gasteiger partial charge on any atom is -0.378 e. The van der Waals surface area contributed by atoms with Crippen molar-refractivity contribution in [1.82, 2.24) is 14.8 Å². The van der Waals surface area contributed by atoms with E-state index < -0.39 is 0 Å². The number of benzene rings is 1. The van der Waals surface area contributed by atoms with Gasteiger partial charge in [-0.2, -0.15) is 5.26 Å². The van der Waals surface area contributed by atoms with Crippen LogP contribution in [-0.2, 0) is 11.3 Å². The average molecular weight is 270 g/mol. The summed E-state index contributed by atoms with van der Waals surface area (Å²) >= 11 is 0. The molecule has 0 radical (unpaired) electrons. The zero-order valence-electron chi connectivity index (χ0n) is 11.2. The molecule has 0 saturated heterocycles. The zero-order valence-corrected chi connectivity index (χ0v) is 11.2. The molecule has 1 aromatic carbocycles. The minimum absolute atomic E-state index is 0.0180. The van der Waals surface area contributed by atoms with Crippen LogP contribution in [0.4, 0.5) is 11.4 Å². The number of amides is 1. The molecule has 2 rings (SSSR count). The molecular weight excluding hydrogens is 256 g/mol. The monoisotopic (exact) mass is 270 g/mol. The van der Waals surface area contributed by atoms with Crippen LogP contribution in [0.15, 0.2) is 30.6 Å². The smallest absolute Gasteiger partial charge is 0.252 e. The minimum atomic E-state index is -0.225. The third kappa shape index (κ3) is 3.32. The highest BCUT2D eigenvalue weighted by molar-refractivity contribution is 5.90. The standard InChI is InChI=1S/C13H14N6O/c1-18(2)11-5-3-10(4-6-11)16-13(20)8-19-9-15-12(7-14)17-19/h3-6,9H,8H2,1-2H3,(H,16,20). The Hall–Kier alpha value is -2.88. The topological polar surface area (TPSA) is 86.8 Å². The molecule has 7 heteroatoms. The van der Waals surface area contributed by atoms with Gasteiger partial charge in [0.2, 0.25) is 5.91 Å². The average Bonchev–Trinajstić information content (AvgIpc) is 2.86. The molecule has 20 heavy (non-hydrogen) atoms. The third-order valence-corrected chi connectivity index (χ3v) is 2.61. The summed E-state index contributed by atoms with van der Waals surface area (Å²) in [6.45, 7) is 0.0180. The number of hydrogen-bond donors (Lipinski definition) is 1. The molecule has 0 aliphatic carbocycles. The number of anilines is 2. The van der Waals surface area contributed by atoms with Crippen LogP contribution in [0.2, 0.25) is 0 Å². The van der Waals surface area contributed by atoms with E-state index in [-0.39, 0.29) is 18.3 Å². The Morgan fingerprint density at radius 3 is 2.65 bits per heavy atom. The van der Waals surface area contributed by atoms with Crippen molar-refractivity contribution in [2.75, 3.05) is 24.3 Å². The summed E-state index contributed by atoms with van der Waals surface area (Å²) in [5.41, 5.74) is 1.76. The molecule has 0 aliphatic heterocycles. The first kappa shape index (κ1) is 13.5. The summed E-state index contributed by atoms with van der Waals surface area (Å²) in [6.07, 6.45) is 1.35. The number of aromatic nitrogens is 3. The van der Waals surface area contributed by atoms with Crippen molar-refractivity contribution in [1.29, 1.82) is 5.26 Å². The molecule has 1 N–H and O–H groups in total. The van der Waals surface area contributed by atoms with Gasteiger partial charge < -0.3 is 10.2 Å². The maximum atomic E-state index is 11.8. The van der Waals surface area contributed by atoms with Crippen LogP contribution in [0.5, 0.6) is 0 Å². The van der Waals surface area contributed by atoms with E-state index >= 15 is 0 Å². The van der Waals surface area contributed by atoms with Gasteiger partial charge in [-0.15, -0.1) is 5.10 Å². The van der Waals surface area contributed by atoms with Gasteiger partial charge in [0.15, 0.2) is 0 Å². The summed E-state index contributed by atoms with van der Waals surface area (Å²) in [4.78, 5) is 17.5. The van der Waals surface area contributed by atoms with E-state index in [2.05, 4.69) is 15.4 Å². The Morgan fingerprint density at radius 2 is 2.10 bits per heavy atom. The van der Waals surface area contributed by atoms with Gasteiger partial charge in [0.1, 0.15) is 18.9 Å². The zero-order chi connectivity index (χ0) is 14.5. The van der Waals surface area contributed by atoms with Crippen LogP contribution in [0.3, 0.4) is 0 Å². The lowest BCUT2D eigenvalue weighted by Gasteiger charge is -2.13. The van der Waals surface area contributed by atoms with Crippen LogP contribution < -0.4 is 10.2 Å². The molecule has 0 unspecified atom stereocenters. The third-order valence-electron chi connectivity index (χ3n) is 2.61. The van der Waals surface area contributed by atoms with Gasteiger partial charge in [0.05, 0.1) is 0 Å². The second kappa shape index (κ2) is 5.84. The first-order valence-corrected chi connectivity index (χ1v) is 5.95. The Bertz CT molecular complexity index is 638. The lowest BCUT2D eigenvalue weighted by Crippen LogP contribution is -2.19. The fraction of sp³-hybridized carbons (Fsp3) is 0.231. The van der Waals surface area contributed by atoms with Gasteiger partial charge in [0.25, 0.3) is 5.82 Å². The first-order valence-electron chi connectivity index (χ1n) is 5.95. The van der Waals surface area contributed by atoms with Gasteiger partial charge >= 0.3 is 0 Å². The van der Waals surface area contributed by atoms with Crippen molar-refractivity contribution >= 4 is 17.3 Å². The molecule has 0 saturated carbocycles. The van der Waals surface area contributed by atoms with Crippen LogP contribution in [0.25, 0.3) is 0 Å². The summed E-state index contributed by atoms with van der Waals surface area (Å²) < 4.78 is 1.32. The van der Waals surface area contributed by atoms with E-state index in [1.807, 2.05) is 49.3 Å². The highest BCUT2D eigenvalue weighted by Crippen LogP contribution is 2.15. The molecule has 0 fully saturated rings. The number of nitrogens with one attached hydrogen (secondary N) is 1. The summed E-state index contributed by atoms with van der Waals surface area (Å²) in [5.74, 6) is -0.176. The predicted octanol–water partition coefficient (Wildman–Crippen LogP) is 0.854. The van der Waals surface area contributed by atoms with Gasteiger partial charge in [-0.25, -0.2) is 9.67 Å². The molecule has 0 aliphatic rings. The summed E-state index contributed by atoms with van der Waals surface area (Å²) in [6, 6.07) is 9.30. The Kier molecular flexibility index (Phi) is 3.96. The fourth-order valence-corrected chi connectivity index (χ4v) is 1.61. The van der Waals surface area contributed by atoms with E-state index in [1.165, 1.54) is 11.0 Å². The quantitative estimate of drug-likeness (QED) is 0.890. The fourth-order valence-electron chi connectivity index (χ4n) is 1.61. The maximum absolute atomic E-state index is 11.8. The maximum Gasteiger partial charge on any atom is 0.252 e. The lowest BCUT2D eigenvalue weighted by molar-refractivity contribution is -0.116. The SMILES string of the molecule is CN(C)c1ccc(NC(=O)Cn2cnc(C#N)n2)cc1. The van der Waals surface area contributed by atoms with Crippen molar-refractivity contribution in [3.8, 4) is 6.07 Å².